The molecule has 0 fully saturated rings. The Kier molecular flexibility index (Phi) is 5.72. The Hall–Kier alpha value is -2.50. The number of ether oxygens (including phenoxy) is 3. The highest BCUT2D eigenvalue weighted by molar-refractivity contribution is 5.92. The zero-order valence-corrected chi connectivity index (χ0v) is 15.4. The summed E-state index contributed by atoms with van der Waals surface area (Å²) in [5, 5.41) is 0. The first-order chi connectivity index (χ1) is 11.8. The molecule has 136 valence electrons. The number of allylic oxidation sites excluding steroid dienone is 1. The average molecular weight is 347 g/mol. The van der Waals surface area contributed by atoms with Crippen molar-refractivity contribution >= 4 is 12.1 Å². The number of carbonyl (C=O) groups is 2. The van der Waals surface area contributed by atoms with Crippen LogP contribution < -0.4 is 4.74 Å². The molecule has 0 radical (unpaired) electrons. The lowest BCUT2D eigenvalue weighted by Crippen LogP contribution is -2.39. The Balaban J connectivity index is 2.36. The van der Waals surface area contributed by atoms with Gasteiger partial charge in [0.1, 0.15) is 11.4 Å². The van der Waals surface area contributed by atoms with Crippen LogP contribution in [0, 0.1) is 0 Å². The van der Waals surface area contributed by atoms with Crippen LogP contribution in [0.25, 0.3) is 0 Å². The highest BCUT2D eigenvalue weighted by Crippen LogP contribution is 2.34. The summed E-state index contributed by atoms with van der Waals surface area (Å²) < 4.78 is 15.7. The second-order valence-corrected chi connectivity index (χ2v) is 6.80. The molecule has 0 N–H and O–H groups in total. The third-order valence-electron chi connectivity index (χ3n) is 3.85. The molecule has 2 rings (SSSR count). The number of nitrogens with zero attached hydrogens (tertiary/aromatic N) is 1. The lowest BCUT2D eigenvalue weighted by atomic mass is 9.92. The predicted octanol–water partition coefficient (Wildman–Crippen LogP) is 3.65. The molecule has 0 aromatic heterocycles. The molecule has 6 heteroatoms. The van der Waals surface area contributed by atoms with Gasteiger partial charge in [0, 0.05) is 11.3 Å². The average Bonchev–Trinajstić information content (AvgIpc) is 2.51. The summed E-state index contributed by atoms with van der Waals surface area (Å²) >= 11 is 0. The monoisotopic (exact) mass is 347 g/mol. The fourth-order valence-corrected chi connectivity index (χ4v) is 2.59. The molecule has 1 aromatic rings. The standard InChI is InChI=1S/C19H25NO5/c1-19(2,3)25-18(22)20(15-11-10-14(15)17(21)24-5)12-13-8-6-7-9-16(13)23-4/h6-9H,10-12H2,1-5H3. The van der Waals surface area contributed by atoms with E-state index in [0.29, 0.717) is 29.9 Å². The van der Waals surface area contributed by atoms with Crippen molar-refractivity contribution < 1.29 is 23.8 Å². The van der Waals surface area contributed by atoms with Crippen LogP contribution in [0.4, 0.5) is 4.79 Å². The van der Waals surface area contributed by atoms with Crippen LogP contribution in [0.15, 0.2) is 35.5 Å². The molecule has 0 bridgehead atoms. The van der Waals surface area contributed by atoms with Crippen molar-refractivity contribution in [1.82, 2.24) is 4.90 Å². The molecule has 1 aromatic carbocycles. The van der Waals surface area contributed by atoms with Crippen LogP contribution in [0.2, 0.25) is 0 Å². The highest BCUT2D eigenvalue weighted by Gasteiger charge is 2.34. The Labute approximate surface area is 148 Å². The van der Waals surface area contributed by atoms with Crippen LogP contribution in [-0.2, 0) is 20.8 Å². The highest BCUT2D eigenvalue weighted by atomic mass is 16.6. The number of benzene rings is 1. The van der Waals surface area contributed by atoms with Gasteiger partial charge in [-0.25, -0.2) is 9.59 Å². The largest absolute Gasteiger partial charge is 0.496 e. The zero-order chi connectivity index (χ0) is 18.6. The normalized spacial score (nSPS) is 13.8. The number of para-hydroxylation sites is 1. The summed E-state index contributed by atoms with van der Waals surface area (Å²) in [6.07, 6.45) is 0.723. The van der Waals surface area contributed by atoms with Gasteiger partial charge in [-0.3, -0.25) is 4.90 Å². The first-order valence-corrected chi connectivity index (χ1v) is 8.19. The molecule has 6 nitrogen and oxygen atoms in total. The minimum atomic E-state index is -0.633. The molecule has 0 unspecified atom stereocenters. The van der Waals surface area contributed by atoms with E-state index in [-0.39, 0.29) is 6.54 Å². The first kappa shape index (κ1) is 18.8. The van der Waals surface area contributed by atoms with Gasteiger partial charge in [-0.05, 0) is 39.7 Å². The fourth-order valence-electron chi connectivity index (χ4n) is 2.59. The number of esters is 1. The van der Waals surface area contributed by atoms with Crippen molar-refractivity contribution in [2.24, 2.45) is 0 Å². The Morgan fingerprint density at radius 1 is 1.12 bits per heavy atom. The zero-order valence-electron chi connectivity index (χ0n) is 15.4. The van der Waals surface area contributed by atoms with Crippen LogP contribution in [0.3, 0.4) is 0 Å². The van der Waals surface area contributed by atoms with Crippen molar-refractivity contribution in [1.29, 1.82) is 0 Å². The number of hydrogen-bond acceptors (Lipinski definition) is 5. The summed E-state index contributed by atoms with van der Waals surface area (Å²) in [7, 11) is 2.92. The molecule has 1 aliphatic carbocycles. The van der Waals surface area contributed by atoms with Crippen LogP contribution in [-0.4, -0.2) is 36.8 Å². The molecule has 0 atom stereocenters. The van der Waals surface area contributed by atoms with E-state index in [1.54, 1.807) is 7.11 Å². The van der Waals surface area contributed by atoms with Gasteiger partial charge in [0.15, 0.2) is 0 Å². The van der Waals surface area contributed by atoms with Crippen molar-refractivity contribution in [3.63, 3.8) is 0 Å². The Bertz CT molecular complexity index is 687. The SMILES string of the molecule is COC(=O)C1=C(N(Cc2ccccc2OC)C(=O)OC(C)(C)C)CC1. The summed E-state index contributed by atoms with van der Waals surface area (Å²) in [5.74, 6) is 0.269. The molecule has 0 saturated heterocycles. The van der Waals surface area contributed by atoms with E-state index in [1.165, 1.54) is 12.0 Å². The predicted molar refractivity (Wildman–Crippen MR) is 93.0 cm³/mol. The minimum absolute atomic E-state index is 0.259. The minimum Gasteiger partial charge on any atom is -0.496 e. The lowest BCUT2D eigenvalue weighted by Gasteiger charge is -2.34. The van der Waals surface area contributed by atoms with Crippen molar-refractivity contribution in [2.45, 2.75) is 45.8 Å². The molecule has 0 aliphatic heterocycles. The Morgan fingerprint density at radius 3 is 2.32 bits per heavy atom. The summed E-state index contributed by atoms with van der Waals surface area (Å²) in [5.41, 5.74) is 1.36. The third kappa shape index (κ3) is 4.53. The van der Waals surface area contributed by atoms with Gasteiger partial charge in [0.05, 0.1) is 26.3 Å². The van der Waals surface area contributed by atoms with E-state index >= 15 is 0 Å². The van der Waals surface area contributed by atoms with E-state index in [4.69, 9.17) is 14.2 Å². The van der Waals surface area contributed by atoms with Gasteiger partial charge >= 0.3 is 12.1 Å². The summed E-state index contributed by atoms with van der Waals surface area (Å²) in [6.45, 7) is 5.68. The van der Waals surface area contributed by atoms with Crippen LogP contribution in [0.5, 0.6) is 5.75 Å². The molecule has 0 heterocycles. The number of carbonyl (C=O) groups excluding carboxylic acids is 2. The van der Waals surface area contributed by atoms with Gasteiger partial charge in [-0.2, -0.15) is 0 Å². The van der Waals surface area contributed by atoms with E-state index in [9.17, 15) is 9.59 Å². The van der Waals surface area contributed by atoms with Gasteiger partial charge in [0.2, 0.25) is 0 Å². The van der Waals surface area contributed by atoms with Gasteiger partial charge < -0.3 is 14.2 Å². The van der Waals surface area contributed by atoms with Crippen LogP contribution in [0.1, 0.15) is 39.2 Å². The van der Waals surface area contributed by atoms with Crippen molar-refractivity contribution in [2.75, 3.05) is 14.2 Å². The third-order valence-corrected chi connectivity index (χ3v) is 3.85. The van der Waals surface area contributed by atoms with E-state index in [0.717, 1.165) is 5.56 Å². The number of methoxy groups -OCH3 is 2. The maximum absolute atomic E-state index is 12.7. The Morgan fingerprint density at radius 2 is 1.80 bits per heavy atom. The number of rotatable bonds is 5. The molecular formula is C19H25NO5. The lowest BCUT2D eigenvalue weighted by molar-refractivity contribution is -0.136. The van der Waals surface area contributed by atoms with Gasteiger partial charge in [-0.15, -0.1) is 0 Å². The molecule has 0 saturated carbocycles. The molecular weight excluding hydrogens is 322 g/mol. The number of hydrogen-bond donors (Lipinski definition) is 0. The maximum atomic E-state index is 12.7. The summed E-state index contributed by atoms with van der Waals surface area (Å²) in [4.78, 5) is 26.1. The van der Waals surface area contributed by atoms with Crippen molar-refractivity contribution in [3.8, 4) is 5.75 Å². The second kappa shape index (κ2) is 7.59. The fraction of sp³-hybridized carbons (Fsp3) is 0.474. The van der Waals surface area contributed by atoms with Gasteiger partial charge in [0.25, 0.3) is 0 Å². The number of amides is 1. The van der Waals surface area contributed by atoms with Gasteiger partial charge in [-0.1, -0.05) is 18.2 Å². The molecule has 0 spiro atoms. The molecule has 1 amide bonds. The van der Waals surface area contributed by atoms with E-state index < -0.39 is 17.7 Å². The maximum Gasteiger partial charge on any atom is 0.414 e. The molecule has 1 aliphatic rings. The first-order valence-electron chi connectivity index (χ1n) is 8.19. The van der Waals surface area contributed by atoms with E-state index in [2.05, 4.69) is 0 Å². The second-order valence-electron chi connectivity index (χ2n) is 6.80. The topological polar surface area (TPSA) is 65.1 Å². The van der Waals surface area contributed by atoms with E-state index in [1.807, 2.05) is 45.0 Å². The molecule has 25 heavy (non-hydrogen) atoms. The smallest absolute Gasteiger partial charge is 0.414 e. The summed E-state index contributed by atoms with van der Waals surface area (Å²) in [6, 6.07) is 7.45. The quantitative estimate of drug-likeness (QED) is 0.761. The van der Waals surface area contributed by atoms with Crippen molar-refractivity contribution in [3.05, 3.63) is 41.1 Å². The van der Waals surface area contributed by atoms with Crippen LogP contribution >= 0.6 is 0 Å².